The Kier molecular flexibility index (Phi) is 4.29. The van der Waals surface area contributed by atoms with Gasteiger partial charge in [-0.1, -0.05) is 39.5 Å². The zero-order valence-corrected chi connectivity index (χ0v) is 11.0. The SMILES string of the molecule is CC1CCC(C2CCCCC(O)C2)CC1C. The number of aliphatic hydroxyl groups excluding tert-OH is 1. The van der Waals surface area contributed by atoms with Gasteiger partial charge < -0.3 is 5.11 Å². The van der Waals surface area contributed by atoms with Crippen molar-refractivity contribution >= 4 is 0 Å². The van der Waals surface area contributed by atoms with E-state index in [0.29, 0.717) is 0 Å². The van der Waals surface area contributed by atoms with E-state index in [-0.39, 0.29) is 6.10 Å². The van der Waals surface area contributed by atoms with Crippen LogP contribution in [0.4, 0.5) is 0 Å². The van der Waals surface area contributed by atoms with Gasteiger partial charge in [-0.3, -0.25) is 0 Å². The summed E-state index contributed by atoms with van der Waals surface area (Å²) in [5.74, 6) is 3.57. The van der Waals surface area contributed by atoms with Gasteiger partial charge in [0.25, 0.3) is 0 Å². The van der Waals surface area contributed by atoms with Crippen LogP contribution in [0.1, 0.15) is 65.2 Å². The van der Waals surface area contributed by atoms with E-state index in [1.54, 1.807) is 0 Å². The third-order valence-electron chi connectivity index (χ3n) is 5.24. The second kappa shape index (κ2) is 5.53. The Hall–Kier alpha value is -0.0400. The zero-order chi connectivity index (χ0) is 11.5. The van der Waals surface area contributed by atoms with Crippen LogP contribution < -0.4 is 0 Å². The zero-order valence-electron chi connectivity index (χ0n) is 11.0. The van der Waals surface area contributed by atoms with E-state index >= 15 is 0 Å². The Bertz CT molecular complexity index is 213. The molecule has 5 unspecified atom stereocenters. The normalized spacial score (nSPS) is 46.3. The second-order valence-corrected chi connectivity index (χ2v) is 6.46. The van der Waals surface area contributed by atoms with Crippen LogP contribution in [0.25, 0.3) is 0 Å². The first-order valence-corrected chi connectivity index (χ1v) is 7.35. The van der Waals surface area contributed by atoms with Crippen LogP contribution in [0.2, 0.25) is 0 Å². The Morgan fingerprint density at radius 3 is 2.19 bits per heavy atom. The van der Waals surface area contributed by atoms with Gasteiger partial charge in [0.05, 0.1) is 6.10 Å². The van der Waals surface area contributed by atoms with Gasteiger partial charge in [-0.2, -0.15) is 0 Å². The van der Waals surface area contributed by atoms with Crippen molar-refractivity contribution in [1.29, 1.82) is 0 Å². The van der Waals surface area contributed by atoms with Crippen molar-refractivity contribution in [3.05, 3.63) is 0 Å². The van der Waals surface area contributed by atoms with E-state index in [1.807, 2.05) is 0 Å². The monoisotopic (exact) mass is 224 g/mol. The van der Waals surface area contributed by atoms with Gasteiger partial charge in [0.2, 0.25) is 0 Å². The molecule has 0 saturated heterocycles. The van der Waals surface area contributed by atoms with Gasteiger partial charge in [0, 0.05) is 0 Å². The smallest absolute Gasteiger partial charge is 0.0543 e. The maximum absolute atomic E-state index is 9.91. The first-order valence-electron chi connectivity index (χ1n) is 7.35. The molecule has 16 heavy (non-hydrogen) atoms. The minimum Gasteiger partial charge on any atom is -0.393 e. The summed E-state index contributed by atoms with van der Waals surface area (Å²) in [6.07, 6.45) is 10.4. The summed E-state index contributed by atoms with van der Waals surface area (Å²) in [7, 11) is 0. The molecule has 0 radical (unpaired) electrons. The number of rotatable bonds is 1. The van der Waals surface area contributed by atoms with Gasteiger partial charge in [0.1, 0.15) is 0 Å². The van der Waals surface area contributed by atoms with E-state index in [0.717, 1.165) is 36.5 Å². The fourth-order valence-corrected chi connectivity index (χ4v) is 3.82. The first-order chi connectivity index (χ1) is 7.66. The molecule has 2 rings (SSSR count). The van der Waals surface area contributed by atoms with Gasteiger partial charge >= 0.3 is 0 Å². The van der Waals surface area contributed by atoms with Gasteiger partial charge in [0.15, 0.2) is 0 Å². The Morgan fingerprint density at radius 2 is 1.44 bits per heavy atom. The third kappa shape index (κ3) is 3.00. The molecule has 1 heteroatoms. The average Bonchev–Trinajstić information content (AvgIpc) is 2.47. The summed E-state index contributed by atoms with van der Waals surface area (Å²) < 4.78 is 0. The van der Waals surface area contributed by atoms with Crippen molar-refractivity contribution in [2.75, 3.05) is 0 Å². The molecule has 0 spiro atoms. The quantitative estimate of drug-likeness (QED) is 0.667. The van der Waals surface area contributed by atoms with Crippen LogP contribution in [0.5, 0.6) is 0 Å². The Labute approximate surface area is 101 Å². The van der Waals surface area contributed by atoms with Crippen molar-refractivity contribution in [1.82, 2.24) is 0 Å². The molecule has 0 aliphatic heterocycles. The highest BCUT2D eigenvalue weighted by Gasteiger charge is 2.31. The second-order valence-electron chi connectivity index (χ2n) is 6.46. The highest BCUT2D eigenvalue weighted by molar-refractivity contribution is 4.82. The van der Waals surface area contributed by atoms with Gasteiger partial charge in [-0.05, 0) is 49.4 Å². The molecule has 0 aromatic heterocycles. The lowest BCUT2D eigenvalue weighted by Gasteiger charge is -2.37. The molecule has 1 N–H and O–H groups in total. The van der Waals surface area contributed by atoms with Crippen molar-refractivity contribution < 1.29 is 5.11 Å². The maximum Gasteiger partial charge on any atom is 0.0543 e. The largest absolute Gasteiger partial charge is 0.393 e. The molecule has 5 atom stereocenters. The molecule has 2 aliphatic rings. The molecule has 0 bridgehead atoms. The predicted molar refractivity (Wildman–Crippen MR) is 68.3 cm³/mol. The molecular weight excluding hydrogens is 196 g/mol. The molecule has 2 aliphatic carbocycles. The lowest BCUT2D eigenvalue weighted by molar-refractivity contribution is 0.0948. The molecule has 94 valence electrons. The molecule has 2 saturated carbocycles. The Morgan fingerprint density at radius 1 is 0.750 bits per heavy atom. The lowest BCUT2D eigenvalue weighted by atomic mass is 9.69. The summed E-state index contributed by atoms with van der Waals surface area (Å²) in [4.78, 5) is 0. The molecule has 0 aromatic rings. The van der Waals surface area contributed by atoms with Crippen LogP contribution in [0, 0.1) is 23.7 Å². The predicted octanol–water partition coefficient (Wildman–Crippen LogP) is 4.00. The number of hydrogen-bond acceptors (Lipinski definition) is 1. The topological polar surface area (TPSA) is 20.2 Å². The van der Waals surface area contributed by atoms with Crippen LogP contribution in [0.15, 0.2) is 0 Å². The molecular formula is C15H28O. The fourth-order valence-electron chi connectivity index (χ4n) is 3.82. The highest BCUT2D eigenvalue weighted by Crippen LogP contribution is 2.41. The lowest BCUT2D eigenvalue weighted by Crippen LogP contribution is -2.27. The molecule has 0 aromatic carbocycles. The minimum atomic E-state index is 0.00200. The maximum atomic E-state index is 9.91. The summed E-state index contributed by atoms with van der Waals surface area (Å²) in [6.45, 7) is 4.83. The summed E-state index contributed by atoms with van der Waals surface area (Å²) >= 11 is 0. The van der Waals surface area contributed by atoms with Crippen LogP contribution in [0.3, 0.4) is 0 Å². The molecule has 0 amide bonds. The van der Waals surface area contributed by atoms with Crippen LogP contribution in [-0.2, 0) is 0 Å². The van der Waals surface area contributed by atoms with Gasteiger partial charge in [-0.25, -0.2) is 0 Å². The van der Waals surface area contributed by atoms with Gasteiger partial charge in [-0.15, -0.1) is 0 Å². The number of hydrogen-bond donors (Lipinski definition) is 1. The van der Waals surface area contributed by atoms with Crippen LogP contribution >= 0.6 is 0 Å². The van der Waals surface area contributed by atoms with Crippen molar-refractivity contribution in [3.63, 3.8) is 0 Å². The Balaban J connectivity index is 1.90. The minimum absolute atomic E-state index is 0.00200. The summed E-state index contributed by atoms with van der Waals surface area (Å²) in [6, 6.07) is 0. The van der Waals surface area contributed by atoms with Crippen molar-refractivity contribution in [2.45, 2.75) is 71.3 Å². The van der Waals surface area contributed by atoms with Crippen molar-refractivity contribution in [2.24, 2.45) is 23.7 Å². The summed E-state index contributed by atoms with van der Waals surface area (Å²) in [5, 5.41) is 9.91. The van der Waals surface area contributed by atoms with E-state index in [9.17, 15) is 5.11 Å². The van der Waals surface area contributed by atoms with E-state index in [4.69, 9.17) is 0 Å². The third-order valence-corrected chi connectivity index (χ3v) is 5.24. The van der Waals surface area contributed by atoms with E-state index in [2.05, 4.69) is 13.8 Å². The highest BCUT2D eigenvalue weighted by atomic mass is 16.3. The molecule has 0 heterocycles. The first kappa shape index (κ1) is 12.4. The average molecular weight is 224 g/mol. The van der Waals surface area contributed by atoms with Crippen molar-refractivity contribution in [3.8, 4) is 0 Å². The molecule has 2 fully saturated rings. The molecule has 1 nitrogen and oxygen atoms in total. The standard InChI is InChI=1S/C15H28O/c1-11-7-8-14(9-12(11)2)13-5-3-4-6-15(16)10-13/h11-16H,3-10H2,1-2H3. The fraction of sp³-hybridized carbons (Fsp3) is 1.00. The van der Waals surface area contributed by atoms with E-state index in [1.165, 1.54) is 38.5 Å². The van der Waals surface area contributed by atoms with E-state index < -0.39 is 0 Å². The van der Waals surface area contributed by atoms with Crippen LogP contribution in [-0.4, -0.2) is 11.2 Å². The summed E-state index contributed by atoms with van der Waals surface area (Å²) in [5.41, 5.74) is 0. The number of aliphatic hydroxyl groups is 1.